The van der Waals surface area contributed by atoms with Gasteiger partial charge in [0.15, 0.2) is 0 Å². The number of ketones is 2. The van der Waals surface area contributed by atoms with E-state index in [-0.39, 0.29) is 37.6 Å². The van der Waals surface area contributed by atoms with E-state index in [2.05, 4.69) is 10.4 Å². The molecule has 0 spiro atoms. The van der Waals surface area contributed by atoms with Crippen LogP contribution in [-0.2, 0) is 43.5 Å². The molecule has 0 radical (unpaired) electrons. The molecule has 8 nitrogen and oxygen atoms in total. The van der Waals surface area contributed by atoms with Gasteiger partial charge in [-0.15, -0.1) is 0 Å². The summed E-state index contributed by atoms with van der Waals surface area (Å²) in [5.74, 6) is -3.50. The van der Waals surface area contributed by atoms with Crippen LogP contribution in [0.3, 0.4) is 0 Å². The molecule has 2 atom stereocenters. The number of hydrogen-bond donors (Lipinski definition) is 1. The van der Waals surface area contributed by atoms with Gasteiger partial charge >= 0.3 is 5.97 Å². The highest BCUT2D eigenvalue weighted by Gasteiger charge is 2.33. The fraction of sp³-hybridized carbons (Fsp3) is 0.500. The number of carbonyl (C=O) groups excluding carboxylic acids is 4. The van der Waals surface area contributed by atoms with Gasteiger partial charge in [0.1, 0.15) is 12.4 Å². The van der Waals surface area contributed by atoms with E-state index in [0.717, 1.165) is 24.9 Å². The smallest absolute Gasteiger partial charge is 0.306 e. The summed E-state index contributed by atoms with van der Waals surface area (Å²) in [5, 5.41) is 7.16. The van der Waals surface area contributed by atoms with Crippen LogP contribution in [0, 0.1) is 17.8 Å². The second kappa shape index (κ2) is 12.3. The van der Waals surface area contributed by atoms with Crippen LogP contribution in [0.1, 0.15) is 50.8 Å². The highest BCUT2D eigenvalue weighted by molar-refractivity contribution is 6.37. The predicted molar refractivity (Wildman–Crippen MR) is 125 cm³/mol. The number of amides is 1. The van der Waals surface area contributed by atoms with Crippen LogP contribution >= 0.6 is 0 Å². The number of ether oxygens (including phenoxy) is 1. The van der Waals surface area contributed by atoms with Crippen LogP contribution in [-0.4, -0.2) is 39.8 Å². The van der Waals surface area contributed by atoms with Gasteiger partial charge in [-0.3, -0.25) is 23.9 Å². The molecule has 3 rings (SSSR count). The molecule has 2 bridgehead atoms. The SMILES string of the molecule is CC(C)C(CC(=O)OCc1ccccc1)C(=O)CC1Cc2ccn(n2)CCCCNC(=O)C1=O. The maximum atomic E-state index is 13.2. The molecule has 0 saturated heterocycles. The molecule has 1 aliphatic rings. The van der Waals surface area contributed by atoms with Gasteiger partial charge in [-0.2, -0.15) is 5.10 Å². The van der Waals surface area contributed by atoms with Crippen LogP contribution in [0.2, 0.25) is 0 Å². The Kier molecular flexibility index (Phi) is 9.13. The highest BCUT2D eigenvalue weighted by Crippen LogP contribution is 2.24. The lowest BCUT2D eigenvalue weighted by atomic mass is 9.82. The summed E-state index contributed by atoms with van der Waals surface area (Å²) in [6.07, 6.45) is 3.45. The van der Waals surface area contributed by atoms with Crippen molar-refractivity contribution in [2.45, 2.75) is 59.1 Å². The zero-order valence-corrected chi connectivity index (χ0v) is 19.9. The van der Waals surface area contributed by atoms with E-state index in [1.54, 1.807) is 0 Å². The van der Waals surface area contributed by atoms with Crippen LogP contribution in [0.4, 0.5) is 0 Å². The Morgan fingerprint density at radius 1 is 1.15 bits per heavy atom. The van der Waals surface area contributed by atoms with Gasteiger partial charge in [-0.25, -0.2) is 0 Å². The van der Waals surface area contributed by atoms with Crippen LogP contribution < -0.4 is 5.32 Å². The molecule has 1 aromatic carbocycles. The summed E-state index contributed by atoms with van der Waals surface area (Å²) in [6.45, 7) is 5.01. The molecular formula is C26H33N3O5. The van der Waals surface area contributed by atoms with Crippen molar-refractivity contribution in [2.75, 3.05) is 6.54 Å². The van der Waals surface area contributed by atoms with Crippen molar-refractivity contribution in [1.29, 1.82) is 0 Å². The first-order valence-corrected chi connectivity index (χ1v) is 11.9. The number of fused-ring (bicyclic) bond motifs is 2. The first kappa shape index (κ1) is 25.3. The molecule has 1 aromatic heterocycles. The zero-order valence-electron chi connectivity index (χ0n) is 19.9. The van der Waals surface area contributed by atoms with Gasteiger partial charge in [-0.1, -0.05) is 44.2 Å². The zero-order chi connectivity index (χ0) is 24.5. The molecule has 182 valence electrons. The van der Waals surface area contributed by atoms with E-state index in [1.807, 2.05) is 61.1 Å². The molecule has 2 unspecified atom stereocenters. The predicted octanol–water partition coefficient (Wildman–Crippen LogP) is 2.89. The molecular weight excluding hydrogens is 434 g/mol. The van der Waals surface area contributed by atoms with Gasteiger partial charge in [0.25, 0.3) is 5.91 Å². The molecule has 8 heteroatoms. The lowest BCUT2D eigenvalue weighted by molar-refractivity contribution is -0.149. The van der Waals surface area contributed by atoms with Crippen molar-refractivity contribution in [3.8, 4) is 0 Å². The topological polar surface area (TPSA) is 107 Å². The van der Waals surface area contributed by atoms with E-state index in [1.165, 1.54) is 0 Å². The maximum absolute atomic E-state index is 13.2. The third kappa shape index (κ3) is 7.37. The number of esters is 1. The Morgan fingerprint density at radius 2 is 1.91 bits per heavy atom. The average molecular weight is 468 g/mol. The lowest BCUT2D eigenvalue weighted by Gasteiger charge is -2.22. The van der Waals surface area contributed by atoms with E-state index >= 15 is 0 Å². The number of benzene rings is 1. The molecule has 34 heavy (non-hydrogen) atoms. The summed E-state index contributed by atoms with van der Waals surface area (Å²) in [7, 11) is 0. The van der Waals surface area contributed by atoms with Crippen molar-refractivity contribution in [3.05, 3.63) is 53.9 Å². The molecule has 0 fully saturated rings. The normalized spacial score (nSPS) is 17.9. The van der Waals surface area contributed by atoms with Gasteiger partial charge in [0.2, 0.25) is 5.78 Å². The standard InChI is InChI=1S/C26H33N3O5/c1-18(2)22(16-24(31)34-17-19-8-4-3-5-9-19)23(30)15-20-14-21-10-13-29(28-21)12-7-6-11-27-26(33)25(20)32/h3-5,8-10,13,18,20,22H,6-7,11-12,14-17H2,1-2H3,(H,27,33). The lowest BCUT2D eigenvalue weighted by Crippen LogP contribution is -2.39. The Labute approximate surface area is 200 Å². The third-order valence-electron chi connectivity index (χ3n) is 6.14. The molecule has 2 aromatic rings. The van der Waals surface area contributed by atoms with Crippen LogP contribution in [0.15, 0.2) is 42.6 Å². The van der Waals surface area contributed by atoms with Crippen molar-refractivity contribution >= 4 is 23.4 Å². The first-order chi connectivity index (χ1) is 16.3. The van der Waals surface area contributed by atoms with E-state index in [0.29, 0.717) is 12.2 Å². The number of aryl methyl sites for hydroxylation is 1. The average Bonchev–Trinajstić information content (AvgIpc) is 3.27. The monoisotopic (exact) mass is 467 g/mol. The van der Waals surface area contributed by atoms with Gasteiger partial charge < -0.3 is 10.1 Å². The van der Waals surface area contributed by atoms with Crippen LogP contribution in [0.25, 0.3) is 0 Å². The number of nitrogens with one attached hydrogen (secondary N) is 1. The summed E-state index contributed by atoms with van der Waals surface area (Å²) in [6, 6.07) is 11.2. The Bertz CT molecular complexity index is 999. The quantitative estimate of drug-likeness (QED) is 0.473. The van der Waals surface area contributed by atoms with Crippen molar-refractivity contribution < 1.29 is 23.9 Å². The van der Waals surface area contributed by atoms with E-state index in [4.69, 9.17) is 4.74 Å². The Balaban J connectivity index is 1.67. The number of carbonyl (C=O) groups is 4. The van der Waals surface area contributed by atoms with Crippen molar-refractivity contribution in [1.82, 2.24) is 15.1 Å². The number of rotatable bonds is 8. The summed E-state index contributed by atoms with van der Waals surface area (Å²) >= 11 is 0. The number of Topliss-reactive ketones (excluding diaryl/α,β-unsaturated/α-hetero) is 2. The second-order valence-corrected chi connectivity index (χ2v) is 9.17. The number of hydrogen-bond acceptors (Lipinski definition) is 6. The number of aromatic nitrogens is 2. The summed E-state index contributed by atoms with van der Waals surface area (Å²) in [4.78, 5) is 51.0. The molecule has 1 N–H and O–H groups in total. The second-order valence-electron chi connectivity index (χ2n) is 9.17. The van der Waals surface area contributed by atoms with Gasteiger partial charge in [0, 0.05) is 44.0 Å². The molecule has 1 aliphatic heterocycles. The minimum Gasteiger partial charge on any atom is -0.461 e. The number of nitrogens with zero attached hydrogens (tertiary/aromatic N) is 2. The highest BCUT2D eigenvalue weighted by atomic mass is 16.5. The van der Waals surface area contributed by atoms with E-state index < -0.39 is 29.5 Å². The largest absolute Gasteiger partial charge is 0.461 e. The molecule has 0 aliphatic carbocycles. The summed E-state index contributed by atoms with van der Waals surface area (Å²) in [5.41, 5.74) is 1.54. The fourth-order valence-electron chi connectivity index (χ4n) is 4.11. The third-order valence-corrected chi connectivity index (χ3v) is 6.14. The minimum atomic E-state index is -0.822. The van der Waals surface area contributed by atoms with E-state index in [9.17, 15) is 19.2 Å². The molecule has 2 heterocycles. The first-order valence-electron chi connectivity index (χ1n) is 11.9. The van der Waals surface area contributed by atoms with Gasteiger partial charge in [0.05, 0.1) is 12.1 Å². The van der Waals surface area contributed by atoms with Crippen LogP contribution in [0.5, 0.6) is 0 Å². The molecule has 1 amide bonds. The fourth-order valence-corrected chi connectivity index (χ4v) is 4.11. The van der Waals surface area contributed by atoms with Crippen molar-refractivity contribution in [2.24, 2.45) is 17.8 Å². The Hall–Kier alpha value is -3.29. The Morgan fingerprint density at radius 3 is 2.65 bits per heavy atom. The van der Waals surface area contributed by atoms with Gasteiger partial charge in [-0.05, 0) is 30.4 Å². The minimum absolute atomic E-state index is 0.0644. The summed E-state index contributed by atoms with van der Waals surface area (Å²) < 4.78 is 7.18. The maximum Gasteiger partial charge on any atom is 0.306 e. The molecule has 0 saturated carbocycles. The van der Waals surface area contributed by atoms with Crippen molar-refractivity contribution in [3.63, 3.8) is 0 Å².